The monoisotopic (exact) mass is 398 g/mol. The number of pyridine rings is 1. The number of benzene rings is 1. The fourth-order valence-corrected chi connectivity index (χ4v) is 4.33. The van der Waals surface area contributed by atoms with Gasteiger partial charge in [0, 0.05) is 30.6 Å². The molecule has 3 rings (SSSR count). The van der Waals surface area contributed by atoms with E-state index in [9.17, 15) is 9.59 Å². The van der Waals surface area contributed by atoms with Crippen LogP contribution in [-0.4, -0.2) is 42.0 Å². The Morgan fingerprint density at radius 1 is 1.18 bits per heavy atom. The Kier molecular flexibility index (Phi) is 6.73. The van der Waals surface area contributed by atoms with Gasteiger partial charge < -0.3 is 9.64 Å². The number of methoxy groups -OCH3 is 1. The van der Waals surface area contributed by atoms with E-state index in [1.54, 1.807) is 6.20 Å². The third kappa shape index (κ3) is 4.93. The van der Waals surface area contributed by atoms with Crippen molar-refractivity contribution in [2.75, 3.05) is 20.2 Å². The molecule has 1 aliphatic rings. The average molecular weight is 399 g/mol. The molecule has 1 amide bonds. The molecule has 0 bridgehead atoms. The zero-order chi connectivity index (χ0) is 20.1. The summed E-state index contributed by atoms with van der Waals surface area (Å²) in [5.74, 6) is 0.120. The summed E-state index contributed by atoms with van der Waals surface area (Å²) in [6.07, 6.45) is 3.80. The molecule has 0 spiro atoms. The van der Waals surface area contributed by atoms with E-state index in [1.165, 1.54) is 30.0 Å². The Labute approximate surface area is 170 Å². The number of rotatable bonds is 5. The first kappa shape index (κ1) is 20.4. The number of esters is 1. The highest BCUT2D eigenvalue weighted by Gasteiger charge is 2.27. The first-order valence-electron chi connectivity index (χ1n) is 9.54. The molecular formula is C22H26N2O3S. The second-order valence-electron chi connectivity index (χ2n) is 7.22. The maximum absolute atomic E-state index is 13.1. The lowest BCUT2D eigenvalue weighted by molar-refractivity contribution is -0.142. The molecule has 0 atom stereocenters. The predicted octanol–water partition coefficient (Wildman–Crippen LogP) is 4.26. The highest BCUT2D eigenvalue weighted by molar-refractivity contribution is 7.99. The van der Waals surface area contributed by atoms with E-state index < -0.39 is 0 Å². The highest BCUT2D eigenvalue weighted by Crippen LogP contribution is 2.31. The number of aromatic nitrogens is 1. The molecule has 2 heterocycles. The number of aryl methyl sites for hydroxylation is 2. The van der Waals surface area contributed by atoms with Gasteiger partial charge in [0.1, 0.15) is 5.03 Å². The van der Waals surface area contributed by atoms with Gasteiger partial charge in [-0.3, -0.25) is 9.59 Å². The molecule has 28 heavy (non-hydrogen) atoms. The largest absolute Gasteiger partial charge is 0.469 e. The topological polar surface area (TPSA) is 59.5 Å². The summed E-state index contributed by atoms with van der Waals surface area (Å²) < 4.78 is 4.75. The van der Waals surface area contributed by atoms with Gasteiger partial charge in [-0.25, -0.2) is 4.98 Å². The Morgan fingerprint density at radius 2 is 1.93 bits per heavy atom. The number of nitrogens with zero attached hydrogens (tertiary/aromatic N) is 2. The van der Waals surface area contributed by atoms with E-state index in [1.807, 2.05) is 17.0 Å². The molecule has 0 radical (unpaired) electrons. The summed E-state index contributed by atoms with van der Waals surface area (Å²) in [5, 5.41) is 0.729. The normalized spacial score (nSPS) is 14.8. The Hall–Kier alpha value is -2.34. The number of carbonyl (C=O) groups excluding carboxylic acids is 2. The van der Waals surface area contributed by atoms with Crippen LogP contribution in [0.4, 0.5) is 0 Å². The minimum Gasteiger partial charge on any atom is -0.469 e. The van der Waals surface area contributed by atoms with Crippen molar-refractivity contribution in [1.82, 2.24) is 9.88 Å². The van der Waals surface area contributed by atoms with Gasteiger partial charge in [0.25, 0.3) is 5.91 Å². The maximum Gasteiger partial charge on any atom is 0.305 e. The van der Waals surface area contributed by atoms with Gasteiger partial charge in [-0.1, -0.05) is 17.8 Å². The minimum atomic E-state index is -0.177. The van der Waals surface area contributed by atoms with Gasteiger partial charge >= 0.3 is 5.97 Å². The molecule has 0 N–H and O–H groups in total. The first-order chi connectivity index (χ1) is 13.5. The van der Waals surface area contributed by atoms with Crippen LogP contribution in [0.15, 0.2) is 46.5 Å². The van der Waals surface area contributed by atoms with Crippen molar-refractivity contribution in [2.45, 2.75) is 43.0 Å². The first-order valence-corrected chi connectivity index (χ1v) is 10.4. The van der Waals surface area contributed by atoms with E-state index in [4.69, 9.17) is 4.74 Å². The lowest BCUT2D eigenvalue weighted by atomic mass is 9.93. The van der Waals surface area contributed by atoms with E-state index >= 15 is 0 Å². The molecular weight excluding hydrogens is 372 g/mol. The molecule has 1 fully saturated rings. The van der Waals surface area contributed by atoms with Crippen molar-refractivity contribution in [2.24, 2.45) is 5.92 Å². The van der Waals surface area contributed by atoms with Crippen molar-refractivity contribution < 1.29 is 14.3 Å². The summed E-state index contributed by atoms with van der Waals surface area (Å²) in [4.78, 5) is 32.0. The van der Waals surface area contributed by atoms with Gasteiger partial charge in [0.15, 0.2) is 0 Å². The lowest BCUT2D eigenvalue weighted by Crippen LogP contribution is -2.39. The number of carbonyl (C=O) groups is 2. The van der Waals surface area contributed by atoms with Crippen LogP contribution >= 0.6 is 11.8 Å². The smallest absolute Gasteiger partial charge is 0.305 e. The average Bonchev–Trinajstić information content (AvgIpc) is 2.71. The minimum absolute atomic E-state index is 0.0101. The van der Waals surface area contributed by atoms with Crippen molar-refractivity contribution in [3.8, 4) is 0 Å². The number of ether oxygens (including phenoxy) is 1. The third-order valence-electron chi connectivity index (χ3n) is 5.28. The molecule has 6 heteroatoms. The molecule has 0 unspecified atom stereocenters. The van der Waals surface area contributed by atoms with E-state index in [-0.39, 0.29) is 17.8 Å². The van der Waals surface area contributed by atoms with Gasteiger partial charge in [0.05, 0.1) is 12.7 Å². The number of piperidine rings is 1. The molecule has 5 nitrogen and oxygen atoms in total. The zero-order valence-corrected chi connectivity index (χ0v) is 17.4. The van der Waals surface area contributed by atoms with Crippen LogP contribution in [-0.2, 0) is 9.53 Å². The molecule has 1 aromatic heterocycles. The SMILES string of the molecule is COC(=O)CC1CCN(C(=O)c2cccnc2Sc2ccc(C)c(C)c2)CC1. The van der Waals surface area contributed by atoms with Crippen molar-refractivity contribution >= 4 is 23.6 Å². The van der Waals surface area contributed by atoms with Crippen molar-refractivity contribution in [3.63, 3.8) is 0 Å². The van der Waals surface area contributed by atoms with Crippen LogP contribution < -0.4 is 0 Å². The van der Waals surface area contributed by atoms with Crippen molar-refractivity contribution in [1.29, 1.82) is 0 Å². The predicted molar refractivity (Wildman–Crippen MR) is 110 cm³/mol. The summed E-state index contributed by atoms with van der Waals surface area (Å²) in [7, 11) is 1.41. The van der Waals surface area contributed by atoms with Gasteiger partial charge in [0.2, 0.25) is 0 Å². The van der Waals surface area contributed by atoms with Crippen LogP contribution in [0.25, 0.3) is 0 Å². The third-order valence-corrected chi connectivity index (χ3v) is 6.29. The summed E-state index contributed by atoms with van der Waals surface area (Å²) in [6.45, 7) is 5.48. The quantitative estimate of drug-likeness (QED) is 0.704. The summed E-state index contributed by atoms with van der Waals surface area (Å²) >= 11 is 1.52. The summed E-state index contributed by atoms with van der Waals surface area (Å²) in [5.41, 5.74) is 3.11. The van der Waals surface area contributed by atoms with Crippen LogP contribution in [0.1, 0.15) is 40.7 Å². The van der Waals surface area contributed by atoms with Crippen LogP contribution in [0.5, 0.6) is 0 Å². The van der Waals surface area contributed by atoms with Gasteiger partial charge in [-0.15, -0.1) is 0 Å². The second-order valence-corrected chi connectivity index (χ2v) is 8.28. The molecule has 1 aliphatic heterocycles. The maximum atomic E-state index is 13.1. The fraction of sp³-hybridized carbons (Fsp3) is 0.409. The molecule has 0 aliphatic carbocycles. The van der Waals surface area contributed by atoms with Gasteiger partial charge in [-0.2, -0.15) is 0 Å². The van der Waals surface area contributed by atoms with Crippen molar-refractivity contribution in [3.05, 3.63) is 53.2 Å². The number of hydrogen-bond donors (Lipinski definition) is 0. The summed E-state index contributed by atoms with van der Waals surface area (Å²) in [6, 6.07) is 9.94. The molecule has 2 aromatic rings. The Balaban J connectivity index is 1.69. The standard InChI is InChI=1S/C22H26N2O3S/c1-15-6-7-18(13-16(15)2)28-21-19(5-4-10-23-21)22(26)24-11-8-17(9-12-24)14-20(25)27-3/h4-7,10,13,17H,8-9,11-12,14H2,1-3H3. The fourth-order valence-electron chi connectivity index (χ4n) is 3.35. The van der Waals surface area contributed by atoms with Crippen LogP contribution in [0.2, 0.25) is 0 Å². The number of likely N-dealkylation sites (tertiary alicyclic amines) is 1. The molecule has 0 saturated carbocycles. The van der Waals surface area contributed by atoms with E-state index in [0.717, 1.165) is 22.8 Å². The van der Waals surface area contributed by atoms with Crippen LogP contribution in [0.3, 0.4) is 0 Å². The Morgan fingerprint density at radius 3 is 2.61 bits per heavy atom. The molecule has 148 valence electrons. The van der Waals surface area contributed by atoms with Gasteiger partial charge in [-0.05, 0) is 68.0 Å². The lowest BCUT2D eigenvalue weighted by Gasteiger charge is -2.31. The van der Waals surface area contributed by atoms with E-state index in [2.05, 4.69) is 37.0 Å². The Bertz CT molecular complexity index is 861. The van der Waals surface area contributed by atoms with E-state index in [0.29, 0.717) is 25.1 Å². The number of amides is 1. The highest BCUT2D eigenvalue weighted by atomic mass is 32.2. The zero-order valence-electron chi connectivity index (χ0n) is 16.6. The molecule has 1 aromatic carbocycles. The molecule has 1 saturated heterocycles. The second kappa shape index (κ2) is 9.24. The van der Waals surface area contributed by atoms with Crippen LogP contribution in [0, 0.1) is 19.8 Å². The number of hydrogen-bond acceptors (Lipinski definition) is 5.